The minimum absolute atomic E-state index is 0.0383. The summed E-state index contributed by atoms with van der Waals surface area (Å²) in [6.45, 7) is 5.82. The normalized spacial score (nSPS) is 12.3. The Balaban J connectivity index is 1.91. The molecule has 0 saturated carbocycles. The highest BCUT2D eigenvalue weighted by Gasteiger charge is 2.14. The fourth-order valence-electron chi connectivity index (χ4n) is 1.53. The maximum Gasteiger partial charge on any atom is 0.277 e. The number of nitrogens with one attached hydrogen (secondary N) is 1. The average Bonchev–Trinajstić information content (AvgIpc) is 3.04. The van der Waals surface area contributed by atoms with Crippen molar-refractivity contribution < 1.29 is 13.6 Å². The number of aromatic nitrogens is 2. The van der Waals surface area contributed by atoms with Crippen LogP contribution in [0.5, 0.6) is 0 Å². The molecule has 20 heavy (non-hydrogen) atoms. The minimum atomic E-state index is -0.0383. The lowest BCUT2D eigenvalue weighted by atomic mass is 10.3. The van der Waals surface area contributed by atoms with E-state index >= 15 is 0 Å². The summed E-state index contributed by atoms with van der Waals surface area (Å²) in [4.78, 5) is 11.6. The van der Waals surface area contributed by atoms with Crippen LogP contribution in [0.25, 0.3) is 11.5 Å². The number of furan rings is 1. The summed E-state index contributed by atoms with van der Waals surface area (Å²) in [5, 5.41) is 11.1. The summed E-state index contributed by atoms with van der Waals surface area (Å²) in [5.74, 6) is 1.35. The number of amides is 1. The van der Waals surface area contributed by atoms with Crippen molar-refractivity contribution in [2.75, 3.05) is 5.75 Å². The highest BCUT2D eigenvalue weighted by atomic mass is 32.2. The van der Waals surface area contributed by atoms with Gasteiger partial charge in [-0.25, -0.2) is 0 Å². The Morgan fingerprint density at radius 2 is 2.30 bits per heavy atom. The van der Waals surface area contributed by atoms with Crippen molar-refractivity contribution in [1.29, 1.82) is 0 Å². The van der Waals surface area contributed by atoms with Gasteiger partial charge in [-0.2, -0.15) is 0 Å². The van der Waals surface area contributed by atoms with E-state index in [0.29, 0.717) is 11.1 Å². The third-order valence-electron chi connectivity index (χ3n) is 2.84. The molecule has 2 aromatic heterocycles. The molecule has 7 heteroatoms. The molecular weight excluding hydrogens is 278 g/mol. The topological polar surface area (TPSA) is 81.2 Å². The van der Waals surface area contributed by atoms with E-state index in [-0.39, 0.29) is 17.7 Å². The van der Waals surface area contributed by atoms with Gasteiger partial charge in [-0.3, -0.25) is 4.79 Å². The molecule has 1 atom stereocenters. The lowest BCUT2D eigenvalue weighted by Gasteiger charge is -2.09. The number of thioether (sulfide) groups is 1. The summed E-state index contributed by atoms with van der Waals surface area (Å²) in [6, 6.07) is 1.95. The summed E-state index contributed by atoms with van der Waals surface area (Å²) >= 11 is 1.22. The molecule has 0 aliphatic carbocycles. The van der Waals surface area contributed by atoms with Gasteiger partial charge in [0.1, 0.15) is 5.76 Å². The van der Waals surface area contributed by atoms with Crippen LogP contribution in [0.15, 0.2) is 26.4 Å². The van der Waals surface area contributed by atoms with E-state index in [1.807, 2.05) is 20.8 Å². The van der Waals surface area contributed by atoms with Crippen molar-refractivity contribution in [1.82, 2.24) is 15.5 Å². The molecule has 2 aromatic rings. The lowest BCUT2D eigenvalue weighted by Crippen LogP contribution is -2.33. The standard InChI is InChI=1S/C13H17N3O3S/c1-4-8(2)14-11(17)7-20-13-16-15-12(19-13)10-5-6-18-9(10)3/h5-6,8H,4,7H2,1-3H3,(H,14,17)/t8-/m1/s1. The van der Waals surface area contributed by atoms with Crippen LogP contribution in [0.2, 0.25) is 0 Å². The monoisotopic (exact) mass is 295 g/mol. The molecule has 0 bridgehead atoms. The van der Waals surface area contributed by atoms with Crippen LogP contribution in [0.3, 0.4) is 0 Å². The Labute approximate surface area is 121 Å². The van der Waals surface area contributed by atoms with Crippen LogP contribution >= 0.6 is 11.8 Å². The molecule has 0 aromatic carbocycles. The number of carbonyl (C=O) groups is 1. The highest BCUT2D eigenvalue weighted by Crippen LogP contribution is 2.26. The molecule has 2 heterocycles. The molecule has 0 fully saturated rings. The second-order valence-electron chi connectivity index (χ2n) is 4.43. The van der Waals surface area contributed by atoms with Crippen molar-refractivity contribution in [3.8, 4) is 11.5 Å². The molecule has 0 saturated heterocycles. The molecule has 2 rings (SSSR count). The zero-order valence-corrected chi connectivity index (χ0v) is 12.5. The van der Waals surface area contributed by atoms with Crippen LogP contribution in [-0.2, 0) is 4.79 Å². The first-order chi connectivity index (χ1) is 9.60. The van der Waals surface area contributed by atoms with Crippen LogP contribution in [-0.4, -0.2) is 27.9 Å². The zero-order valence-electron chi connectivity index (χ0n) is 11.7. The first kappa shape index (κ1) is 14.6. The summed E-state index contributed by atoms with van der Waals surface area (Å²) in [5.41, 5.74) is 0.772. The van der Waals surface area contributed by atoms with Gasteiger partial charge in [0.2, 0.25) is 5.91 Å². The first-order valence-corrected chi connectivity index (χ1v) is 7.38. The fourth-order valence-corrected chi connectivity index (χ4v) is 2.10. The summed E-state index contributed by atoms with van der Waals surface area (Å²) in [6.07, 6.45) is 2.47. The maximum absolute atomic E-state index is 11.6. The largest absolute Gasteiger partial charge is 0.469 e. The second-order valence-corrected chi connectivity index (χ2v) is 5.36. The molecular formula is C13H17N3O3S. The van der Waals surface area contributed by atoms with E-state index in [1.165, 1.54) is 11.8 Å². The van der Waals surface area contributed by atoms with E-state index < -0.39 is 0 Å². The van der Waals surface area contributed by atoms with E-state index in [4.69, 9.17) is 8.83 Å². The Kier molecular flexibility index (Phi) is 4.84. The molecule has 108 valence electrons. The average molecular weight is 295 g/mol. The minimum Gasteiger partial charge on any atom is -0.469 e. The van der Waals surface area contributed by atoms with E-state index in [2.05, 4.69) is 15.5 Å². The van der Waals surface area contributed by atoms with Gasteiger partial charge in [-0.15, -0.1) is 10.2 Å². The Morgan fingerprint density at radius 1 is 1.50 bits per heavy atom. The number of hydrogen-bond donors (Lipinski definition) is 1. The quantitative estimate of drug-likeness (QED) is 0.825. The third-order valence-corrected chi connectivity index (χ3v) is 3.66. The Bertz CT molecular complexity index is 579. The van der Waals surface area contributed by atoms with E-state index in [9.17, 15) is 4.79 Å². The van der Waals surface area contributed by atoms with Gasteiger partial charge < -0.3 is 14.2 Å². The number of hydrogen-bond acceptors (Lipinski definition) is 6. The summed E-state index contributed by atoms with van der Waals surface area (Å²) in [7, 11) is 0. The van der Waals surface area contributed by atoms with Crippen LogP contribution in [0.4, 0.5) is 0 Å². The molecule has 0 aliphatic heterocycles. The van der Waals surface area contributed by atoms with Crippen LogP contribution < -0.4 is 5.32 Å². The predicted octanol–water partition coefficient (Wildman–Crippen LogP) is 2.64. The van der Waals surface area contributed by atoms with Gasteiger partial charge in [0.25, 0.3) is 11.1 Å². The fraction of sp³-hybridized carbons (Fsp3) is 0.462. The first-order valence-electron chi connectivity index (χ1n) is 6.40. The molecule has 1 N–H and O–H groups in total. The maximum atomic E-state index is 11.6. The zero-order chi connectivity index (χ0) is 14.5. The number of rotatable bonds is 6. The Hall–Kier alpha value is -1.76. The van der Waals surface area contributed by atoms with Crippen molar-refractivity contribution in [2.24, 2.45) is 0 Å². The van der Waals surface area contributed by atoms with E-state index in [0.717, 1.165) is 17.7 Å². The van der Waals surface area contributed by atoms with Gasteiger partial charge >= 0.3 is 0 Å². The van der Waals surface area contributed by atoms with Crippen molar-refractivity contribution >= 4 is 17.7 Å². The Morgan fingerprint density at radius 3 is 2.95 bits per heavy atom. The molecule has 0 aliphatic rings. The SMILES string of the molecule is CC[C@@H](C)NC(=O)CSc1nnc(-c2ccoc2C)o1. The highest BCUT2D eigenvalue weighted by molar-refractivity contribution is 7.99. The van der Waals surface area contributed by atoms with Gasteiger partial charge in [-0.1, -0.05) is 18.7 Å². The molecule has 0 unspecified atom stereocenters. The molecule has 0 spiro atoms. The van der Waals surface area contributed by atoms with Crippen LogP contribution in [0, 0.1) is 6.92 Å². The van der Waals surface area contributed by atoms with Crippen molar-refractivity contribution in [3.05, 3.63) is 18.1 Å². The smallest absolute Gasteiger partial charge is 0.277 e. The number of nitrogens with zero attached hydrogens (tertiary/aromatic N) is 2. The lowest BCUT2D eigenvalue weighted by molar-refractivity contribution is -0.119. The van der Waals surface area contributed by atoms with Crippen molar-refractivity contribution in [3.63, 3.8) is 0 Å². The third kappa shape index (κ3) is 3.63. The van der Waals surface area contributed by atoms with E-state index in [1.54, 1.807) is 12.3 Å². The second kappa shape index (κ2) is 6.60. The van der Waals surface area contributed by atoms with Gasteiger partial charge in [0, 0.05) is 6.04 Å². The van der Waals surface area contributed by atoms with Gasteiger partial charge in [0.15, 0.2) is 0 Å². The number of aryl methyl sites for hydroxylation is 1. The molecule has 0 radical (unpaired) electrons. The van der Waals surface area contributed by atoms with Gasteiger partial charge in [0.05, 0.1) is 17.6 Å². The van der Waals surface area contributed by atoms with Gasteiger partial charge in [-0.05, 0) is 26.3 Å². The molecule has 6 nitrogen and oxygen atoms in total. The van der Waals surface area contributed by atoms with Crippen LogP contribution in [0.1, 0.15) is 26.0 Å². The molecule has 1 amide bonds. The van der Waals surface area contributed by atoms with Crippen molar-refractivity contribution in [2.45, 2.75) is 38.5 Å². The number of carbonyl (C=O) groups excluding carboxylic acids is 1. The predicted molar refractivity (Wildman–Crippen MR) is 75.4 cm³/mol. The summed E-state index contributed by atoms with van der Waals surface area (Å²) < 4.78 is 10.7.